The van der Waals surface area contributed by atoms with E-state index in [0.29, 0.717) is 11.3 Å². The summed E-state index contributed by atoms with van der Waals surface area (Å²) in [4.78, 5) is 11.0. The van der Waals surface area contributed by atoms with Gasteiger partial charge in [-0.05, 0) is 73.7 Å². The Labute approximate surface area is 180 Å². The van der Waals surface area contributed by atoms with Crippen LogP contribution < -0.4 is 0 Å². The van der Waals surface area contributed by atoms with E-state index in [0.717, 1.165) is 37.5 Å². The molecule has 0 saturated heterocycles. The van der Waals surface area contributed by atoms with Crippen LogP contribution in [0.3, 0.4) is 0 Å². The highest BCUT2D eigenvalue weighted by molar-refractivity contribution is 5.36. The maximum atomic E-state index is 11.0. The molecule has 0 amide bonds. The van der Waals surface area contributed by atoms with E-state index < -0.39 is 0 Å². The van der Waals surface area contributed by atoms with E-state index in [1.165, 1.54) is 56.1 Å². The first-order valence-corrected chi connectivity index (χ1v) is 12.3. The molecule has 2 fully saturated rings. The Bertz CT molecular complexity index is 616. The average molecular weight is 400 g/mol. The molecule has 0 N–H and O–H groups in total. The normalized spacial score (nSPS) is 33.7. The summed E-state index contributed by atoms with van der Waals surface area (Å²) in [7, 11) is 0. The Morgan fingerprint density at radius 3 is 2.62 bits per heavy atom. The van der Waals surface area contributed by atoms with E-state index in [4.69, 9.17) is 0 Å². The van der Waals surface area contributed by atoms with Gasteiger partial charge in [0, 0.05) is 0 Å². The van der Waals surface area contributed by atoms with Crippen molar-refractivity contribution in [3.8, 4) is 0 Å². The first kappa shape index (κ1) is 24.1. The number of hydrogen-bond acceptors (Lipinski definition) is 2. The molecule has 0 aromatic carbocycles. The fraction of sp³-hybridized carbons (Fsp3) is 0.778. The second-order valence-electron chi connectivity index (χ2n) is 10.0. The molecule has 0 heterocycles. The molecule has 0 aromatic rings. The summed E-state index contributed by atoms with van der Waals surface area (Å²) >= 11 is 0. The molecular formula is C27H45NO. The minimum absolute atomic E-state index is 0.0652. The third-order valence-electron chi connectivity index (χ3n) is 8.06. The zero-order chi connectivity index (χ0) is 21.4. The Morgan fingerprint density at radius 1 is 1.24 bits per heavy atom. The monoisotopic (exact) mass is 399 g/mol. The van der Waals surface area contributed by atoms with Crippen LogP contribution in [0.25, 0.3) is 0 Å². The Balaban J connectivity index is 2.33. The molecule has 2 heteroatoms. The number of hydrogen-bond donors (Lipinski definition) is 0. The van der Waals surface area contributed by atoms with Crippen LogP contribution in [0.2, 0.25) is 0 Å². The molecule has 0 radical (unpaired) electrons. The molecule has 164 valence electrons. The van der Waals surface area contributed by atoms with E-state index in [1.807, 2.05) is 0 Å². The quantitative estimate of drug-likeness (QED) is 0.356. The van der Waals surface area contributed by atoms with Gasteiger partial charge in [0.25, 0.3) is 0 Å². The summed E-state index contributed by atoms with van der Waals surface area (Å²) < 4.78 is 0. The van der Waals surface area contributed by atoms with Crippen molar-refractivity contribution in [2.75, 3.05) is 0 Å². The third-order valence-corrected chi connectivity index (χ3v) is 8.06. The molecule has 2 saturated carbocycles. The zero-order valence-electron chi connectivity index (χ0n) is 19.8. The van der Waals surface area contributed by atoms with Gasteiger partial charge in [0.1, 0.15) is 0 Å². The van der Waals surface area contributed by atoms with E-state index in [1.54, 1.807) is 5.57 Å². The second kappa shape index (κ2) is 11.3. The summed E-state index contributed by atoms with van der Waals surface area (Å²) in [5.74, 6) is 2.32. The van der Waals surface area contributed by atoms with Crippen LogP contribution in [-0.2, 0) is 0 Å². The first-order chi connectivity index (χ1) is 13.9. The molecule has 2 rings (SSSR count). The molecule has 5 atom stereocenters. The van der Waals surface area contributed by atoms with Gasteiger partial charge in [-0.25, -0.2) is 0 Å². The highest BCUT2D eigenvalue weighted by Gasteiger charge is 2.45. The molecule has 0 aromatic heterocycles. The maximum Gasteiger partial charge on any atom is 0.0963 e. The lowest BCUT2D eigenvalue weighted by Crippen LogP contribution is -2.42. The molecule has 2 nitrogen and oxygen atoms in total. The fourth-order valence-corrected chi connectivity index (χ4v) is 6.52. The summed E-state index contributed by atoms with van der Waals surface area (Å²) in [5.41, 5.74) is 4.45. The number of nitrogens with zero attached hydrogens (tertiary/aromatic N) is 1. The first-order valence-electron chi connectivity index (χ1n) is 12.3. The fourth-order valence-electron chi connectivity index (χ4n) is 6.52. The molecule has 29 heavy (non-hydrogen) atoms. The maximum absolute atomic E-state index is 11.0. The van der Waals surface area contributed by atoms with Gasteiger partial charge >= 0.3 is 0 Å². The van der Waals surface area contributed by atoms with E-state index in [2.05, 4.69) is 58.5 Å². The van der Waals surface area contributed by atoms with Crippen molar-refractivity contribution in [2.24, 2.45) is 28.3 Å². The highest BCUT2D eigenvalue weighted by Crippen LogP contribution is 2.55. The van der Waals surface area contributed by atoms with Gasteiger partial charge in [-0.3, -0.25) is 0 Å². The minimum Gasteiger partial charge on any atom is -0.151 e. The van der Waals surface area contributed by atoms with Gasteiger partial charge in [0.2, 0.25) is 0 Å². The summed E-state index contributed by atoms with van der Waals surface area (Å²) in [5, 5.41) is 3.31. The molecule has 0 bridgehead atoms. The predicted octanol–water partition coefficient (Wildman–Crippen LogP) is 8.78. The highest BCUT2D eigenvalue weighted by atomic mass is 16.3. The molecule has 0 aliphatic heterocycles. The predicted molar refractivity (Wildman–Crippen MR) is 127 cm³/mol. The SMILES string of the molecule is C=C1CC[C@H](N=O)C/C1=C/C=C(\CC)[C@@H]1CCC[C@H]([C@H](C)CCC)[C@@]1(C)CCC. The van der Waals surface area contributed by atoms with Crippen molar-refractivity contribution < 1.29 is 0 Å². The topological polar surface area (TPSA) is 29.4 Å². The number of rotatable bonds is 9. The lowest BCUT2D eigenvalue weighted by atomic mass is 9.54. The molecule has 0 spiro atoms. The Morgan fingerprint density at radius 2 is 2.00 bits per heavy atom. The summed E-state index contributed by atoms with van der Waals surface area (Å²) in [6.45, 7) is 16.4. The van der Waals surface area contributed by atoms with Crippen LogP contribution in [-0.4, -0.2) is 6.04 Å². The van der Waals surface area contributed by atoms with Gasteiger partial charge in [0.15, 0.2) is 0 Å². The van der Waals surface area contributed by atoms with Gasteiger partial charge in [-0.2, -0.15) is 4.91 Å². The van der Waals surface area contributed by atoms with Crippen molar-refractivity contribution in [1.29, 1.82) is 0 Å². The van der Waals surface area contributed by atoms with Crippen LogP contribution in [0.1, 0.15) is 105 Å². The molecule has 2 aliphatic rings. The lowest BCUT2D eigenvalue weighted by Gasteiger charge is -2.51. The van der Waals surface area contributed by atoms with Crippen LogP contribution in [0, 0.1) is 28.1 Å². The van der Waals surface area contributed by atoms with Crippen LogP contribution >= 0.6 is 0 Å². The summed E-state index contributed by atoms with van der Waals surface area (Å²) in [6, 6.07) is -0.0652. The average Bonchev–Trinajstić information content (AvgIpc) is 2.70. The van der Waals surface area contributed by atoms with E-state index in [9.17, 15) is 4.91 Å². The van der Waals surface area contributed by atoms with Gasteiger partial charge in [-0.1, -0.05) is 95.4 Å². The lowest BCUT2D eigenvalue weighted by molar-refractivity contribution is 0.0125. The van der Waals surface area contributed by atoms with E-state index >= 15 is 0 Å². The van der Waals surface area contributed by atoms with Crippen molar-refractivity contribution >= 4 is 0 Å². The third kappa shape index (κ3) is 5.70. The smallest absolute Gasteiger partial charge is 0.0963 e. The van der Waals surface area contributed by atoms with Gasteiger partial charge in [-0.15, -0.1) is 0 Å². The number of allylic oxidation sites excluding steroid dienone is 4. The Kier molecular flexibility index (Phi) is 9.37. The van der Waals surface area contributed by atoms with Crippen molar-refractivity contribution in [2.45, 2.75) is 111 Å². The van der Waals surface area contributed by atoms with Crippen molar-refractivity contribution in [1.82, 2.24) is 0 Å². The molecular weight excluding hydrogens is 354 g/mol. The standard InChI is InChI=1S/C27H45NO/c1-7-11-21(5)25-12-10-13-26(27(25,6)18-8-2)22(9-3)15-16-23-19-24(28-29)17-14-20(23)4/h15-16,21,24-26H,4,7-14,17-19H2,1-3,5-6H3/b22-15+,23-16-/t21-,24+,25-,26+,27-/m1/s1. The largest absolute Gasteiger partial charge is 0.151 e. The van der Waals surface area contributed by atoms with Crippen LogP contribution in [0.5, 0.6) is 0 Å². The number of nitroso groups, excluding NO2 is 1. The Hall–Kier alpha value is -1.18. The van der Waals surface area contributed by atoms with Crippen molar-refractivity contribution in [3.63, 3.8) is 0 Å². The van der Waals surface area contributed by atoms with Crippen LogP contribution in [0.4, 0.5) is 0 Å². The minimum atomic E-state index is -0.0652. The molecule has 0 unspecified atom stereocenters. The summed E-state index contributed by atoms with van der Waals surface area (Å²) in [6.07, 6.45) is 17.7. The second-order valence-corrected chi connectivity index (χ2v) is 10.0. The van der Waals surface area contributed by atoms with E-state index in [-0.39, 0.29) is 6.04 Å². The van der Waals surface area contributed by atoms with Crippen molar-refractivity contribution in [3.05, 3.63) is 40.4 Å². The van der Waals surface area contributed by atoms with Gasteiger partial charge < -0.3 is 0 Å². The zero-order valence-corrected chi connectivity index (χ0v) is 19.8. The molecule has 2 aliphatic carbocycles. The van der Waals surface area contributed by atoms with Crippen LogP contribution in [0.15, 0.2) is 40.6 Å². The van der Waals surface area contributed by atoms with Gasteiger partial charge in [0.05, 0.1) is 6.04 Å².